The van der Waals surface area contributed by atoms with Crippen molar-refractivity contribution in [3.8, 4) is 11.4 Å². The molecule has 0 amide bonds. The van der Waals surface area contributed by atoms with E-state index in [1.54, 1.807) is 0 Å². The van der Waals surface area contributed by atoms with Crippen LogP contribution >= 0.6 is 0 Å². The minimum absolute atomic E-state index is 0.441. The van der Waals surface area contributed by atoms with Crippen molar-refractivity contribution >= 4 is 87.5 Å². The van der Waals surface area contributed by atoms with Crippen LogP contribution < -0.4 is 0 Å². The molecule has 0 atom stereocenters. The van der Waals surface area contributed by atoms with Gasteiger partial charge in [0.25, 0.3) is 0 Å². The molecule has 0 aliphatic heterocycles. The Morgan fingerprint density at radius 3 is 1.08 bits per heavy atom. The summed E-state index contributed by atoms with van der Waals surface area (Å²) < 4.78 is 20.2. The van der Waals surface area contributed by atoms with Crippen LogP contribution in [0.25, 0.3) is 98.9 Å². The first-order valence-electron chi connectivity index (χ1n) is 26.7. The van der Waals surface area contributed by atoms with E-state index in [9.17, 15) is 0 Å². The summed E-state index contributed by atoms with van der Waals surface area (Å²) in [5.41, 5.74) is 19.0. The fourth-order valence-corrected chi connectivity index (χ4v) is 13.7. The number of nitrogens with zero attached hydrogens (tertiary/aromatic N) is 2. The predicted molar refractivity (Wildman–Crippen MR) is 300 cm³/mol. The molecule has 4 heterocycles. The topological polar surface area (TPSA) is 36.1 Å². The molecule has 2 aliphatic rings. The molecule has 0 spiro atoms. The summed E-state index contributed by atoms with van der Waals surface area (Å²) in [5, 5.41) is 9.87. The Labute approximate surface area is 419 Å². The second-order valence-corrected chi connectivity index (χ2v) is 21.1. The smallest absolute Gasteiger partial charge is 0.143 e. The van der Waals surface area contributed by atoms with Crippen molar-refractivity contribution in [3.63, 3.8) is 0 Å². The van der Waals surface area contributed by atoms with Gasteiger partial charge >= 0.3 is 0 Å². The summed E-state index contributed by atoms with van der Waals surface area (Å²) in [7, 11) is 0. The first-order valence-corrected chi connectivity index (χ1v) is 26.7. The molecule has 9 aromatic carbocycles. The molecule has 2 fully saturated rings. The van der Waals surface area contributed by atoms with Crippen LogP contribution in [0.15, 0.2) is 191 Å². The lowest BCUT2D eigenvalue weighted by Gasteiger charge is -2.25. The lowest BCUT2D eigenvalue weighted by molar-refractivity contribution is 0.443. The largest absolute Gasteiger partial charge is 0.456 e. The Morgan fingerprint density at radius 2 is 0.694 bits per heavy atom. The van der Waals surface area contributed by atoms with Gasteiger partial charge in [-0.15, -0.1) is 0 Å². The quantitative estimate of drug-likeness (QED) is 0.152. The predicted octanol–water partition coefficient (Wildman–Crippen LogP) is 19.0. The first kappa shape index (κ1) is 41.9. The average molecular weight is 933 g/mol. The second-order valence-electron chi connectivity index (χ2n) is 21.1. The summed E-state index contributed by atoms with van der Waals surface area (Å²) >= 11 is 0. The molecule has 4 heteroatoms. The van der Waals surface area contributed by atoms with E-state index in [0.717, 1.165) is 34.3 Å². The van der Waals surface area contributed by atoms with E-state index in [0.29, 0.717) is 18.3 Å². The molecule has 4 aromatic heterocycles. The number of hydrogen-bond donors (Lipinski definition) is 0. The van der Waals surface area contributed by atoms with Crippen molar-refractivity contribution in [2.24, 2.45) is 0 Å². The molecule has 0 unspecified atom stereocenters. The Morgan fingerprint density at radius 1 is 0.347 bits per heavy atom. The highest BCUT2D eigenvalue weighted by Crippen LogP contribution is 2.50. The van der Waals surface area contributed by atoms with Crippen molar-refractivity contribution in [2.45, 2.75) is 88.9 Å². The zero-order valence-corrected chi connectivity index (χ0v) is 40.7. The third kappa shape index (κ3) is 6.57. The van der Waals surface area contributed by atoms with Crippen molar-refractivity contribution in [1.29, 1.82) is 0 Å². The van der Waals surface area contributed by atoms with Crippen molar-refractivity contribution in [2.75, 3.05) is 0 Å². The molecule has 0 bridgehead atoms. The van der Waals surface area contributed by atoms with Gasteiger partial charge in [0.1, 0.15) is 22.3 Å². The fourth-order valence-electron chi connectivity index (χ4n) is 13.7. The normalized spacial score (nSPS) is 15.2. The third-order valence-electron chi connectivity index (χ3n) is 17.0. The van der Waals surface area contributed by atoms with E-state index < -0.39 is 0 Å². The van der Waals surface area contributed by atoms with Gasteiger partial charge in [-0.25, -0.2) is 0 Å². The number of aromatic nitrogens is 2. The van der Waals surface area contributed by atoms with E-state index in [1.165, 1.54) is 169 Å². The number of rotatable bonds is 8. The molecule has 2 aliphatic carbocycles. The monoisotopic (exact) mass is 932 g/mol. The molecule has 13 aromatic rings. The summed E-state index contributed by atoms with van der Waals surface area (Å²) in [5.74, 6) is 0.883. The van der Waals surface area contributed by atoms with Crippen LogP contribution in [0.3, 0.4) is 0 Å². The summed E-state index contributed by atoms with van der Waals surface area (Å²) in [6, 6.07) is 68.0. The van der Waals surface area contributed by atoms with Gasteiger partial charge in [0.2, 0.25) is 0 Å². The molecular weight excluding hydrogens is 877 g/mol. The second kappa shape index (κ2) is 16.9. The molecule has 0 N–H and O–H groups in total. The standard InChI is InChI=1S/C68H56N2O2/c1-5-21-43(22-6-1)37-55-65-53-39-61(69-57-33-17-13-29-47(57)48-30-14-18-34-58(48)69)51(45-25-9-3-10-26-45)41-63(53)71-67(65)56(38-44-23-7-2-8-24-44)68-66(55)54-40-62(52(42-64(54)72-68)46-27-11-4-12-28-46)70-59-35-19-15-31-49(59)50-32-16-20-36-60(50)70/h1-2,5-8,13-24,29-36,39-42,45-46H,3-4,9-12,25-28,37-38H2. The first-order chi connectivity index (χ1) is 35.7. The Kier molecular flexibility index (Phi) is 9.85. The van der Waals surface area contributed by atoms with E-state index in [4.69, 9.17) is 8.83 Å². The van der Waals surface area contributed by atoms with Crippen LogP contribution in [0.5, 0.6) is 0 Å². The fraction of sp³-hybridized carbons (Fsp3) is 0.206. The molecule has 2 saturated carbocycles. The van der Waals surface area contributed by atoms with Gasteiger partial charge in [-0.3, -0.25) is 0 Å². The molecule has 350 valence electrons. The summed E-state index contributed by atoms with van der Waals surface area (Å²) in [4.78, 5) is 0. The van der Waals surface area contributed by atoms with Gasteiger partial charge in [-0.05, 0) is 120 Å². The van der Waals surface area contributed by atoms with Crippen LogP contribution in [0.2, 0.25) is 0 Å². The van der Waals surface area contributed by atoms with Gasteiger partial charge in [0, 0.05) is 55.1 Å². The highest BCUT2D eigenvalue weighted by atomic mass is 16.3. The lowest BCUT2D eigenvalue weighted by atomic mass is 9.82. The Balaban J connectivity index is 1.10. The van der Waals surface area contributed by atoms with E-state index in [-0.39, 0.29) is 0 Å². The van der Waals surface area contributed by atoms with Crippen LogP contribution in [-0.4, -0.2) is 9.13 Å². The van der Waals surface area contributed by atoms with Gasteiger partial charge in [-0.1, -0.05) is 172 Å². The molecule has 0 radical (unpaired) electrons. The maximum absolute atomic E-state index is 7.54. The highest BCUT2D eigenvalue weighted by Gasteiger charge is 2.31. The summed E-state index contributed by atoms with van der Waals surface area (Å²) in [6.45, 7) is 0. The zero-order chi connectivity index (χ0) is 47.3. The lowest BCUT2D eigenvalue weighted by Crippen LogP contribution is -2.09. The van der Waals surface area contributed by atoms with E-state index in [1.807, 2.05) is 0 Å². The van der Waals surface area contributed by atoms with Crippen LogP contribution in [0.4, 0.5) is 0 Å². The molecular formula is C68H56N2O2. The molecule has 15 rings (SSSR count). The number of para-hydroxylation sites is 4. The number of fused-ring (bicyclic) bond motifs is 12. The van der Waals surface area contributed by atoms with Gasteiger partial charge < -0.3 is 18.0 Å². The maximum atomic E-state index is 7.54. The molecule has 0 saturated heterocycles. The minimum Gasteiger partial charge on any atom is -0.456 e. The van der Waals surface area contributed by atoms with Gasteiger partial charge in [0.15, 0.2) is 0 Å². The molecule has 72 heavy (non-hydrogen) atoms. The zero-order valence-electron chi connectivity index (χ0n) is 40.7. The number of benzene rings is 9. The van der Waals surface area contributed by atoms with Crippen molar-refractivity contribution in [3.05, 3.63) is 215 Å². The maximum Gasteiger partial charge on any atom is 0.143 e. The van der Waals surface area contributed by atoms with Gasteiger partial charge in [0.05, 0.1) is 33.4 Å². The van der Waals surface area contributed by atoms with Crippen LogP contribution in [0.1, 0.15) is 109 Å². The number of hydrogen-bond acceptors (Lipinski definition) is 2. The average Bonchev–Trinajstić information content (AvgIpc) is 4.20. The van der Waals surface area contributed by atoms with Gasteiger partial charge in [-0.2, -0.15) is 0 Å². The van der Waals surface area contributed by atoms with Crippen LogP contribution in [0, 0.1) is 0 Å². The highest BCUT2D eigenvalue weighted by molar-refractivity contribution is 6.21. The number of furan rings is 2. The summed E-state index contributed by atoms with van der Waals surface area (Å²) in [6.07, 6.45) is 13.8. The Bertz CT molecular complexity index is 3890. The van der Waals surface area contributed by atoms with Crippen LogP contribution in [-0.2, 0) is 12.8 Å². The minimum atomic E-state index is 0.441. The van der Waals surface area contributed by atoms with Crippen molar-refractivity contribution in [1.82, 2.24) is 9.13 Å². The Hall–Kier alpha value is -7.82. The van der Waals surface area contributed by atoms with Crippen molar-refractivity contribution < 1.29 is 8.83 Å². The molecule has 4 nitrogen and oxygen atoms in total. The van der Waals surface area contributed by atoms with E-state index >= 15 is 0 Å². The third-order valence-corrected chi connectivity index (χ3v) is 17.0. The SMILES string of the molecule is c1ccc(Cc2c3oc4cc(C5CCCCC5)c(-n5c6ccccc6c6ccccc65)cc4c3c(Cc3ccccc3)c3c2oc2cc(C4CCCCC4)c(-n4c5ccccc5c5ccccc54)cc23)cc1. The van der Waals surface area contributed by atoms with E-state index in [2.05, 4.69) is 191 Å².